The molecule has 0 unspecified atom stereocenters. The van der Waals surface area contributed by atoms with Crippen LogP contribution in [0.1, 0.15) is 40.2 Å². The summed E-state index contributed by atoms with van der Waals surface area (Å²) in [6, 6.07) is 7.83. The Bertz CT molecular complexity index is 673. The highest BCUT2D eigenvalue weighted by molar-refractivity contribution is 5.87. The molecule has 1 rings (SSSR count). The molecule has 0 fully saturated rings. The van der Waals surface area contributed by atoms with Crippen molar-refractivity contribution in [3.63, 3.8) is 0 Å². The first-order chi connectivity index (χ1) is 13.5. The van der Waals surface area contributed by atoms with Crippen LogP contribution in [0.25, 0.3) is 0 Å². The first-order valence-corrected chi connectivity index (χ1v) is 9.41. The van der Waals surface area contributed by atoms with E-state index in [-0.39, 0.29) is 19.1 Å². The zero-order valence-corrected chi connectivity index (χ0v) is 17.6. The van der Waals surface area contributed by atoms with Crippen LogP contribution in [0.4, 0.5) is 9.59 Å². The number of nitrogens with one attached hydrogen (secondary N) is 2. The van der Waals surface area contributed by atoms with Crippen LogP contribution in [0.5, 0.6) is 0 Å². The van der Waals surface area contributed by atoms with Crippen LogP contribution in [0.2, 0.25) is 0 Å². The van der Waals surface area contributed by atoms with Crippen molar-refractivity contribution in [2.45, 2.75) is 52.9 Å². The van der Waals surface area contributed by atoms with Gasteiger partial charge in [-0.25, -0.2) is 14.6 Å². The SMILES string of the molecule is CC(C)CN(NC(=O)[C@H](CO)NC(=O)OC(C)(C)C)C(=O)OCc1ccccc1. The van der Waals surface area contributed by atoms with E-state index in [2.05, 4.69) is 10.7 Å². The molecule has 0 aromatic heterocycles. The number of amides is 3. The molecule has 0 heterocycles. The molecule has 0 saturated heterocycles. The Labute approximate surface area is 171 Å². The fraction of sp³-hybridized carbons (Fsp3) is 0.550. The highest BCUT2D eigenvalue weighted by atomic mass is 16.6. The normalized spacial score (nSPS) is 12.1. The predicted molar refractivity (Wildman–Crippen MR) is 107 cm³/mol. The minimum Gasteiger partial charge on any atom is -0.444 e. The highest BCUT2D eigenvalue weighted by Gasteiger charge is 2.27. The summed E-state index contributed by atoms with van der Waals surface area (Å²) < 4.78 is 10.3. The number of ether oxygens (including phenoxy) is 2. The van der Waals surface area contributed by atoms with Gasteiger partial charge in [0, 0.05) is 6.54 Å². The van der Waals surface area contributed by atoms with Crippen LogP contribution in [-0.4, -0.2) is 53.0 Å². The van der Waals surface area contributed by atoms with Crippen molar-refractivity contribution >= 4 is 18.1 Å². The number of carbonyl (C=O) groups is 3. The molecular weight excluding hydrogens is 378 g/mol. The average Bonchev–Trinajstić information content (AvgIpc) is 2.62. The zero-order chi connectivity index (χ0) is 22.0. The Morgan fingerprint density at radius 2 is 1.76 bits per heavy atom. The largest absolute Gasteiger partial charge is 0.444 e. The Morgan fingerprint density at radius 3 is 2.28 bits per heavy atom. The fourth-order valence-electron chi connectivity index (χ4n) is 2.18. The summed E-state index contributed by atoms with van der Waals surface area (Å²) >= 11 is 0. The molecule has 1 atom stereocenters. The standard InChI is InChI=1S/C20H31N3O6/c1-14(2)11-23(19(27)28-13-15-9-7-6-8-10-15)22-17(25)16(12-24)21-18(26)29-20(3,4)5/h6-10,14,16,24H,11-13H2,1-5H3,(H,21,26)(H,22,25)/t16-/m0/s1. The van der Waals surface area contributed by atoms with E-state index in [1.54, 1.807) is 20.8 Å². The summed E-state index contributed by atoms with van der Waals surface area (Å²) in [7, 11) is 0. The predicted octanol–water partition coefficient (Wildman–Crippen LogP) is 2.20. The number of aliphatic hydroxyl groups is 1. The maximum absolute atomic E-state index is 12.5. The first-order valence-electron chi connectivity index (χ1n) is 9.41. The number of hydrogen-bond donors (Lipinski definition) is 3. The van der Waals surface area contributed by atoms with E-state index >= 15 is 0 Å². The second-order valence-electron chi connectivity index (χ2n) is 7.90. The second kappa shape index (κ2) is 11.3. The van der Waals surface area contributed by atoms with Crippen molar-refractivity contribution in [1.29, 1.82) is 0 Å². The van der Waals surface area contributed by atoms with E-state index in [0.29, 0.717) is 0 Å². The second-order valence-corrected chi connectivity index (χ2v) is 7.90. The minimum atomic E-state index is -1.29. The van der Waals surface area contributed by atoms with Gasteiger partial charge < -0.3 is 19.9 Å². The number of carbonyl (C=O) groups excluding carboxylic acids is 3. The van der Waals surface area contributed by atoms with Crippen LogP contribution in [-0.2, 0) is 20.9 Å². The van der Waals surface area contributed by atoms with Crippen LogP contribution in [0.3, 0.4) is 0 Å². The molecule has 0 aliphatic rings. The Hall–Kier alpha value is -2.81. The van der Waals surface area contributed by atoms with Crippen LogP contribution in [0, 0.1) is 5.92 Å². The number of benzene rings is 1. The van der Waals surface area contributed by atoms with Gasteiger partial charge in [0.2, 0.25) is 0 Å². The number of nitrogens with zero attached hydrogens (tertiary/aromatic N) is 1. The molecule has 3 N–H and O–H groups in total. The van der Waals surface area contributed by atoms with E-state index in [1.807, 2.05) is 44.2 Å². The van der Waals surface area contributed by atoms with Gasteiger partial charge in [0.05, 0.1) is 6.61 Å². The lowest BCUT2D eigenvalue weighted by Gasteiger charge is -2.27. The fourth-order valence-corrected chi connectivity index (χ4v) is 2.18. The van der Waals surface area contributed by atoms with E-state index in [0.717, 1.165) is 10.6 Å². The number of hydrogen-bond acceptors (Lipinski definition) is 6. The van der Waals surface area contributed by atoms with Crippen molar-refractivity contribution in [3.05, 3.63) is 35.9 Å². The van der Waals surface area contributed by atoms with E-state index in [4.69, 9.17) is 9.47 Å². The topological polar surface area (TPSA) is 117 Å². The van der Waals surface area contributed by atoms with Gasteiger partial charge in [0.1, 0.15) is 18.2 Å². The Morgan fingerprint density at radius 1 is 1.14 bits per heavy atom. The maximum atomic E-state index is 12.5. The van der Waals surface area contributed by atoms with Crippen LogP contribution in [0.15, 0.2) is 30.3 Å². The summed E-state index contributed by atoms with van der Waals surface area (Å²) in [6.45, 7) is 8.32. The Kier molecular flexibility index (Phi) is 9.40. The third-order valence-corrected chi connectivity index (χ3v) is 3.41. The summed E-state index contributed by atoms with van der Waals surface area (Å²) in [5.74, 6) is -0.735. The summed E-state index contributed by atoms with van der Waals surface area (Å²) in [5, 5.41) is 12.8. The van der Waals surface area contributed by atoms with Crippen molar-refractivity contribution in [3.8, 4) is 0 Å². The van der Waals surface area contributed by atoms with E-state index in [9.17, 15) is 19.5 Å². The van der Waals surface area contributed by atoms with Gasteiger partial charge in [-0.15, -0.1) is 0 Å². The lowest BCUT2D eigenvalue weighted by Crippen LogP contribution is -2.56. The number of aliphatic hydroxyl groups excluding tert-OH is 1. The van der Waals surface area contributed by atoms with Gasteiger partial charge in [-0.2, -0.15) is 0 Å². The molecule has 1 aromatic rings. The minimum absolute atomic E-state index is 0.0333. The quantitative estimate of drug-likeness (QED) is 0.595. The molecule has 9 heteroatoms. The maximum Gasteiger partial charge on any atom is 0.429 e. The van der Waals surface area contributed by atoms with Crippen molar-refractivity contribution in [2.75, 3.05) is 13.2 Å². The van der Waals surface area contributed by atoms with Gasteiger partial charge in [0.25, 0.3) is 5.91 Å². The molecule has 9 nitrogen and oxygen atoms in total. The van der Waals surface area contributed by atoms with Gasteiger partial charge in [0.15, 0.2) is 0 Å². The van der Waals surface area contributed by atoms with Gasteiger partial charge >= 0.3 is 12.2 Å². The molecule has 0 radical (unpaired) electrons. The molecule has 0 spiro atoms. The molecule has 0 saturated carbocycles. The number of alkyl carbamates (subject to hydrolysis) is 1. The van der Waals surface area contributed by atoms with Gasteiger partial charge in [-0.1, -0.05) is 44.2 Å². The molecule has 0 aliphatic heterocycles. The van der Waals surface area contributed by atoms with Crippen molar-refractivity contribution < 1.29 is 29.0 Å². The molecular formula is C20H31N3O6. The molecule has 3 amide bonds. The molecule has 0 bridgehead atoms. The van der Waals surface area contributed by atoms with Crippen molar-refractivity contribution in [2.24, 2.45) is 5.92 Å². The van der Waals surface area contributed by atoms with E-state index < -0.39 is 36.3 Å². The summed E-state index contributed by atoms with van der Waals surface area (Å²) in [4.78, 5) is 36.7. The van der Waals surface area contributed by atoms with Gasteiger partial charge in [-0.3, -0.25) is 10.2 Å². The Balaban J connectivity index is 2.72. The number of rotatable bonds is 7. The van der Waals surface area contributed by atoms with Crippen molar-refractivity contribution in [1.82, 2.24) is 15.8 Å². The summed E-state index contributed by atoms with van der Waals surface area (Å²) in [6.07, 6.45) is -1.60. The average molecular weight is 409 g/mol. The molecule has 0 aliphatic carbocycles. The summed E-state index contributed by atoms with van der Waals surface area (Å²) in [5.41, 5.74) is 2.44. The van der Waals surface area contributed by atoms with Gasteiger partial charge in [-0.05, 0) is 32.3 Å². The zero-order valence-electron chi connectivity index (χ0n) is 17.6. The lowest BCUT2D eigenvalue weighted by atomic mass is 10.2. The molecule has 29 heavy (non-hydrogen) atoms. The smallest absolute Gasteiger partial charge is 0.429 e. The highest BCUT2D eigenvalue weighted by Crippen LogP contribution is 2.07. The third kappa shape index (κ3) is 9.79. The molecule has 1 aromatic carbocycles. The monoisotopic (exact) mass is 409 g/mol. The third-order valence-electron chi connectivity index (χ3n) is 3.41. The number of hydrazine groups is 1. The van der Waals surface area contributed by atoms with E-state index in [1.165, 1.54) is 0 Å². The molecule has 162 valence electrons. The first kappa shape index (κ1) is 24.2. The van der Waals surface area contributed by atoms with Crippen LogP contribution >= 0.6 is 0 Å². The van der Waals surface area contributed by atoms with Crippen LogP contribution < -0.4 is 10.7 Å². The lowest BCUT2D eigenvalue weighted by molar-refractivity contribution is -0.128.